The molecule has 0 spiro atoms. The van der Waals surface area contributed by atoms with Crippen LogP contribution in [0.2, 0.25) is 0 Å². The standard InChI is InChI=1S/C20H24BrFN2O2/c1-3-23(4-2)11-12-24-17-10-6-9-16(21)18(17)20(26,19(24)25)14-7-5-8-15(22)13-14/h5-10,13,19,25-26H,3-4,11-12H2,1-2H3. The average molecular weight is 423 g/mol. The third-order valence-corrected chi connectivity index (χ3v) is 5.83. The molecule has 1 aliphatic heterocycles. The van der Waals surface area contributed by atoms with Gasteiger partial charge in [0.05, 0.1) is 0 Å². The monoisotopic (exact) mass is 422 g/mol. The van der Waals surface area contributed by atoms with Crippen molar-refractivity contribution in [3.63, 3.8) is 0 Å². The minimum absolute atomic E-state index is 0.337. The summed E-state index contributed by atoms with van der Waals surface area (Å²) in [5.74, 6) is -0.446. The summed E-state index contributed by atoms with van der Waals surface area (Å²) in [5, 5.41) is 22.6. The molecule has 0 amide bonds. The topological polar surface area (TPSA) is 46.9 Å². The third-order valence-electron chi connectivity index (χ3n) is 5.17. The van der Waals surface area contributed by atoms with Gasteiger partial charge in [-0.15, -0.1) is 0 Å². The SMILES string of the molecule is CCN(CC)CCN1c2cccc(Br)c2C(O)(c2cccc(F)c2)C1O. The second-order valence-corrected chi connectivity index (χ2v) is 7.36. The molecule has 140 valence electrons. The lowest BCUT2D eigenvalue weighted by Gasteiger charge is -2.33. The summed E-state index contributed by atoms with van der Waals surface area (Å²) in [4.78, 5) is 4.05. The van der Waals surface area contributed by atoms with Crippen LogP contribution in [-0.4, -0.2) is 47.5 Å². The molecule has 2 aromatic carbocycles. The second kappa shape index (κ2) is 7.64. The van der Waals surface area contributed by atoms with Crippen molar-refractivity contribution in [3.05, 3.63) is 63.9 Å². The fourth-order valence-electron chi connectivity index (χ4n) is 3.67. The van der Waals surface area contributed by atoms with E-state index in [2.05, 4.69) is 34.7 Å². The van der Waals surface area contributed by atoms with Crippen LogP contribution in [0.4, 0.5) is 10.1 Å². The number of aliphatic hydroxyl groups is 2. The van der Waals surface area contributed by atoms with Crippen LogP contribution in [0, 0.1) is 5.82 Å². The number of anilines is 1. The number of aliphatic hydroxyl groups excluding tert-OH is 1. The fraction of sp³-hybridized carbons (Fsp3) is 0.400. The Bertz CT molecular complexity index is 784. The van der Waals surface area contributed by atoms with Crippen molar-refractivity contribution in [1.29, 1.82) is 0 Å². The van der Waals surface area contributed by atoms with E-state index in [4.69, 9.17) is 0 Å². The highest BCUT2D eigenvalue weighted by Crippen LogP contribution is 2.49. The first-order valence-corrected chi connectivity index (χ1v) is 9.67. The Hall–Kier alpha value is -1.47. The maximum absolute atomic E-state index is 13.8. The number of fused-ring (bicyclic) bond motifs is 1. The number of rotatable bonds is 6. The van der Waals surface area contributed by atoms with Gasteiger partial charge in [-0.25, -0.2) is 4.39 Å². The van der Waals surface area contributed by atoms with Gasteiger partial charge in [0.2, 0.25) is 0 Å². The van der Waals surface area contributed by atoms with Gasteiger partial charge in [-0.3, -0.25) is 0 Å². The van der Waals surface area contributed by atoms with Crippen molar-refractivity contribution in [2.24, 2.45) is 0 Å². The van der Waals surface area contributed by atoms with Crippen molar-refractivity contribution in [1.82, 2.24) is 4.90 Å². The highest BCUT2D eigenvalue weighted by atomic mass is 79.9. The van der Waals surface area contributed by atoms with Gasteiger partial charge in [0.25, 0.3) is 0 Å². The van der Waals surface area contributed by atoms with E-state index in [1.54, 1.807) is 17.0 Å². The minimum Gasteiger partial charge on any atom is -0.375 e. The van der Waals surface area contributed by atoms with Gasteiger partial charge in [-0.2, -0.15) is 0 Å². The summed E-state index contributed by atoms with van der Waals surface area (Å²) < 4.78 is 14.5. The molecule has 0 fully saturated rings. The molecule has 1 aliphatic rings. The maximum Gasteiger partial charge on any atom is 0.164 e. The number of likely N-dealkylation sites (N-methyl/N-ethyl adjacent to an activating group) is 1. The molecule has 0 radical (unpaired) electrons. The molecule has 0 aliphatic carbocycles. The van der Waals surface area contributed by atoms with Gasteiger partial charge in [-0.05, 0) is 42.9 Å². The predicted molar refractivity (Wildman–Crippen MR) is 105 cm³/mol. The summed E-state index contributed by atoms with van der Waals surface area (Å²) in [6, 6.07) is 11.4. The highest BCUT2D eigenvalue weighted by molar-refractivity contribution is 9.10. The summed E-state index contributed by atoms with van der Waals surface area (Å²) in [6.07, 6.45) is -1.20. The Kier molecular flexibility index (Phi) is 5.67. The number of hydrogen-bond donors (Lipinski definition) is 2. The molecule has 2 atom stereocenters. The minimum atomic E-state index is -1.71. The van der Waals surface area contributed by atoms with Crippen LogP contribution in [0.1, 0.15) is 25.0 Å². The predicted octanol–water partition coefficient (Wildman–Crippen LogP) is 3.30. The van der Waals surface area contributed by atoms with Crippen LogP contribution >= 0.6 is 15.9 Å². The van der Waals surface area contributed by atoms with E-state index in [1.165, 1.54) is 12.1 Å². The Morgan fingerprint density at radius 2 is 1.88 bits per heavy atom. The smallest absolute Gasteiger partial charge is 0.164 e. The summed E-state index contributed by atoms with van der Waals surface area (Å²) in [5.41, 5.74) is -0.0484. The largest absolute Gasteiger partial charge is 0.375 e. The first-order valence-electron chi connectivity index (χ1n) is 8.87. The molecule has 2 N–H and O–H groups in total. The van der Waals surface area contributed by atoms with Gasteiger partial charge in [0.15, 0.2) is 11.8 Å². The molecular weight excluding hydrogens is 399 g/mol. The maximum atomic E-state index is 13.8. The molecule has 4 nitrogen and oxygen atoms in total. The van der Waals surface area contributed by atoms with Crippen LogP contribution in [0.3, 0.4) is 0 Å². The molecule has 0 aromatic heterocycles. The van der Waals surface area contributed by atoms with Crippen LogP contribution in [-0.2, 0) is 5.60 Å². The highest BCUT2D eigenvalue weighted by Gasteiger charge is 2.51. The number of benzene rings is 2. The van der Waals surface area contributed by atoms with Crippen molar-refractivity contribution in [2.45, 2.75) is 25.7 Å². The third kappa shape index (κ3) is 3.16. The molecular formula is C20H24BrFN2O2. The lowest BCUT2D eigenvalue weighted by molar-refractivity contribution is -0.0393. The van der Waals surface area contributed by atoms with Crippen molar-refractivity contribution < 1.29 is 14.6 Å². The molecule has 2 unspecified atom stereocenters. The quantitative estimate of drug-likeness (QED) is 0.749. The van der Waals surface area contributed by atoms with Crippen LogP contribution < -0.4 is 4.90 Å². The molecule has 0 saturated heterocycles. The van der Waals surface area contributed by atoms with E-state index in [-0.39, 0.29) is 0 Å². The zero-order chi connectivity index (χ0) is 18.9. The molecule has 3 rings (SSSR count). The van der Waals surface area contributed by atoms with Gasteiger partial charge < -0.3 is 20.0 Å². The zero-order valence-electron chi connectivity index (χ0n) is 15.0. The van der Waals surface area contributed by atoms with Gasteiger partial charge in [0, 0.05) is 28.8 Å². The van der Waals surface area contributed by atoms with Crippen LogP contribution in [0.5, 0.6) is 0 Å². The first kappa shape index (κ1) is 19.3. The zero-order valence-corrected chi connectivity index (χ0v) is 16.6. The number of nitrogens with zero attached hydrogens (tertiary/aromatic N) is 2. The number of hydrogen-bond acceptors (Lipinski definition) is 4. The molecule has 0 bridgehead atoms. The van der Waals surface area contributed by atoms with Crippen molar-refractivity contribution in [3.8, 4) is 0 Å². The van der Waals surface area contributed by atoms with E-state index in [0.29, 0.717) is 22.1 Å². The number of halogens is 2. The summed E-state index contributed by atoms with van der Waals surface area (Å²) in [6.45, 7) is 7.34. The lowest BCUT2D eigenvalue weighted by atomic mass is 9.87. The molecule has 2 aromatic rings. The van der Waals surface area contributed by atoms with Crippen LogP contribution in [0.25, 0.3) is 0 Å². The van der Waals surface area contributed by atoms with E-state index in [1.807, 2.05) is 18.2 Å². The summed E-state index contributed by atoms with van der Waals surface area (Å²) in [7, 11) is 0. The summed E-state index contributed by atoms with van der Waals surface area (Å²) >= 11 is 3.50. The van der Waals surface area contributed by atoms with E-state index >= 15 is 0 Å². The average Bonchev–Trinajstić information content (AvgIpc) is 2.86. The Balaban J connectivity index is 2.05. The normalized spacial score (nSPS) is 22.1. The van der Waals surface area contributed by atoms with E-state index < -0.39 is 17.6 Å². The molecule has 1 heterocycles. The van der Waals surface area contributed by atoms with Crippen LogP contribution in [0.15, 0.2) is 46.9 Å². The van der Waals surface area contributed by atoms with Gasteiger partial charge >= 0.3 is 0 Å². The molecule has 6 heteroatoms. The molecule has 0 saturated carbocycles. The fourth-order valence-corrected chi connectivity index (χ4v) is 4.32. The van der Waals surface area contributed by atoms with Crippen molar-refractivity contribution >= 4 is 21.6 Å². The van der Waals surface area contributed by atoms with Gasteiger partial charge in [0.1, 0.15) is 5.82 Å². The van der Waals surface area contributed by atoms with Gasteiger partial charge in [-0.1, -0.05) is 48.0 Å². The lowest BCUT2D eigenvalue weighted by Crippen LogP contribution is -2.48. The first-order chi connectivity index (χ1) is 12.4. The molecule has 26 heavy (non-hydrogen) atoms. The Morgan fingerprint density at radius 3 is 2.54 bits per heavy atom. The Labute approximate surface area is 162 Å². The second-order valence-electron chi connectivity index (χ2n) is 6.50. The van der Waals surface area contributed by atoms with Crippen molar-refractivity contribution in [2.75, 3.05) is 31.1 Å². The Morgan fingerprint density at radius 1 is 1.19 bits per heavy atom. The van der Waals surface area contributed by atoms with E-state index in [0.717, 1.165) is 25.3 Å². The van der Waals surface area contributed by atoms with E-state index in [9.17, 15) is 14.6 Å².